The third-order valence-electron chi connectivity index (χ3n) is 3.79. The lowest BCUT2D eigenvalue weighted by Crippen LogP contribution is -2.33. The van der Waals surface area contributed by atoms with E-state index >= 15 is 0 Å². The fourth-order valence-electron chi connectivity index (χ4n) is 2.44. The maximum Gasteiger partial charge on any atom is 0.246 e. The molecule has 1 N–H and O–H groups in total. The number of nitrogens with one attached hydrogen (secondary N) is 1. The lowest BCUT2D eigenvalue weighted by Gasteiger charge is -2.14. The topological polar surface area (TPSA) is 66.7 Å². The molecule has 0 aliphatic heterocycles. The van der Waals surface area contributed by atoms with Gasteiger partial charge in [-0.3, -0.25) is 14.0 Å². The van der Waals surface area contributed by atoms with E-state index in [1.165, 1.54) is 42.3 Å². The maximum atomic E-state index is 12.9. The second-order valence-corrected chi connectivity index (χ2v) is 6.16. The molecule has 1 aromatic carbocycles. The molecule has 2 heterocycles. The van der Waals surface area contributed by atoms with Crippen molar-refractivity contribution in [2.45, 2.75) is 0 Å². The fourth-order valence-corrected chi connectivity index (χ4v) is 2.68. The van der Waals surface area contributed by atoms with Crippen LogP contribution in [0.1, 0.15) is 5.69 Å². The standard InChI is InChI=1S/C19H16ClFN4O2/c1-24(12-17(26)22-14-7-5-13(21)6-8-14)18(27)10-9-15-19(20)23-16-4-2-3-11-25(15)16/h2-11H,12H2,1H3,(H,22,26)/b10-9+. The Hall–Kier alpha value is -3.19. The molecule has 8 heteroatoms. The van der Waals surface area contributed by atoms with Gasteiger partial charge in [-0.1, -0.05) is 17.7 Å². The normalized spacial score (nSPS) is 11.1. The first kappa shape index (κ1) is 18.6. The number of carbonyl (C=O) groups excluding carboxylic acids is 2. The summed E-state index contributed by atoms with van der Waals surface area (Å²) < 4.78 is 14.6. The number of amides is 2. The van der Waals surface area contributed by atoms with Crippen LogP contribution in [-0.4, -0.2) is 39.7 Å². The number of likely N-dealkylation sites (N-methyl/N-ethyl adjacent to an activating group) is 1. The molecule has 0 aliphatic carbocycles. The molecule has 0 saturated heterocycles. The summed E-state index contributed by atoms with van der Waals surface area (Å²) in [5, 5.41) is 2.88. The second-order valence-electron chi connectivity index (χ2n) is 5.80. The highest BCUT2D eigenvalue weighted by Gasteiger charge is 2.12. The number of benzene rings is 1. The minimum atomic E-state index is -0.392. The number of anilines is 1. The Kier molecular flexibility index (Phi) is 5.52. The highest BCUT2D eigenvalue weighted by Crippen LogP contribution is 2.19. The Balaban J connectivity index is 1.63. The summed E-state index contributed by atoms with van der Waals surface area (Å²) in [7, 11) is 1.51. The first-order chi connectivity index (χ1) is 12.9. The van der Waals surface area contributed by atoms with Gasteiger partial charge in [0.15, 0.2) is 5.15 Å². The summed E-state index contributed by atoms with van der Waals surface area (Å²) in [6, 6.07) is 10.8. The van der Waals surface area contributed by atoms with Crippen molar-refractivity contribution in [2.24, 2.45) is 0 Å². The van der Waals surface area contributed by atoms with Gasteiger partial charge in [0.05, 0.1) is 12.2 Å². The lowest BCUT2D eigenvalue weighted by molar-refractivity contribution is -0.129. The van der Waals surface area contributed by atoms with Crippen LogP contribution < -0.4 is 5.32 Å². The molecule has 3 rings (SSSR count). The first-order valence-corrected chi connectivity index (χ1v) is 8.43. The number of nitrogens with zero attached hydrogens (tertiary/aromatic N) is 3. The Morgan fingerprint density at radius 2 is 2.00 bits per heavy atom. The Bertz CT molecular complexity index is 1010. The average molecular weight is 387 g/mol. The summed E-state index contributed by atoms with van der Waals surface area (Å²) in [5.74, 6) is -1.15. The molecule has 3 aromatic rings. The smallest absolute Gasteiger partial charge is 0.246 e. The van der Waals surface area contributed by atoms with Gasteiger partial charge < -0.3 is 10.2 Å². The van der Waals surface area contributed by atoms with Gasteiger partial charge >= 0.3 is 0 Å². The highest BCUT2D eigenvalue weighted by atomic mass is 35.5. The number of hydrogen-bond acceptors (Lipinski definition) is 3. The first-order valence-electron chi connectivity index (χ1n) is 8.05. The van der Waals surface area contributed by atoms with Crippen LogP contribution in [0.4, 0.5) is 10.1 Å². The molecule has 0 bridgehead atoms. The van der Waals surface area contributed by atoms with Crippen molar-refractivity contribution in [2.75, 3.05) is 18.9 Å². The van der Waals surface area contributed by atoms with Crippen LogP contribution in [-0.2, 0) is 9.59 Å². The number of imidazole rings is 1. The monoisotopic (exact) mass is 386 g/mol. The number of pyridine rings is 1. The molecular formula is C19H16ClFN4O2. The zero-order valence-electron chi connectivity index (χ0n) is 14.4. The van der Waals surface area contributed by atoms with Crippen LogP contribution >= 0.6 is 11.6 Å². The Morgan fingerprint density at radius 1 is 1.26 bits per heavy atom. The van der Waals surface area contributed by atoms with Crippen molar-refractivity contribution in [3.8, 4) is 0 Å². The average Bonchev–Trinajstić information content (AvgIpc) is 2.96. The Morgan fingerprint density at radius 3 is 2.74 bits per heavy atom. The van der Waals surface area contributed by atoms with Crippen LogP contribution in [0.3, 0.4) is 0 Å². The molecule has 27 heavy (non-hydrogen) atoms. The van der Waals surface area contributed by atoms with Gasteiger partial charge in [-0.05, 0) is 42.5 Å². The minimum absolute atomic E-state index is 0.151. The third kappa shape index (κ3) is 4.51. The van der Waals surface area contributed by atoms with Crippen molar-refractivity contribution in [3.05, 3.63) is 71.4 Å². The van der Waals surface area contributed by atoms with Crippen LogP contribution in [0.5, 0.6) is 0 Å². The molecular weight excluding hydrogens is 371 g/mol. The van der Waals surface area contributed by atoms with E-state index in [-0.39, 0.29) is 17.6 Å². The van der Waals surface area contributed by atoms with Crippen molar-refractivity contribution in [1.29, 1.82) is 0 Å². The highest BCUT2D eigenvalue weighted by molar-refractivity contribution is 6.31. The van der Waals surface area contributed by atoms with Gasteiger partial charge in [-0.25, -0.2) is 9.37 Å². The van der Waals surface area contributed by atoms with Crippen molar-refractivity contribution < 1.29 is 14.0 Å². The van der Waals surface area contributed by atoms with Gasteiger partial charge in [0.25, 0.3) is 0 Å². The van der Waals surface area contributed by atoms with Gasteiger partial charge in [0.1, 0.15) is 11.5 Å². The SMILES string of the molecule is CN(CC(=O)Nc1ccc(F)cc1)C(=O)/C=C/c1c(Cl)nc2ccccn12. The number of halogens is 2. The van der Waals surface area contributed by atoms with Crippen LogP contribution in [0.2, 0.25) is 5.15 Å². The van der Waals surface area contributed by atoms with E-state index in [1.54, 1.807) is 22.7 Å². The molecule has 0 fully saturated rings. The van der Waals surface area contributed by atoms with E-state index in [2.05, 4.69) is 10.3 Å². The molecule has 2 aromatic heterocycles. The zero-order chi connectivity index (χ0) is 19.4. The molecule has 0 atom stereocenters. The third-order valence-corrected chi connectivity index (χ3v) is 4.07. The lowest BCUT2D eigenvalue weighted by atomic mass is 10.3. The van der Waals surface area contributed by atoms with Gasteiger partial charge in [0.2, 0.25) is 11.8 Å². The largest absolute Gasteiger partial charge is 0.333 e. The molecule has 0 saturated carbocycles. The van der Waals surface area contributed by atoms with Crippen molar-refractivity contribution in [1.82, 2.24) is 14.3 Å². The van der Waals surface area contributed by atoms with Crippen LogP contribution in [0.15, 0.2) is 54.7 Å². The molecule has 138 valence electrons. The molecule has 2 amide bonds. The fraction of sp³-hybridized carbons (Fsp3) is 0.105. The number of rotatable bonds is 5. The van der Waals surface area contributed by atoms with Gasteiger partial charge in [-0.15, -0.1) is 0 Å². The van der Waals surface area contributed by atoms with E-state index in [9.17, 15) is 14.0 Å². The summed E-state index contributed by atoms with van der Waals surface area (Å²) in [5.41, 5.74) is 1.70. The van der Waals surface area contributed by atoms with Gasteiger partial charge in [0, 0.05) is 25.0 Å². The molecule has 6 nitrogen and oxygen atoms in total. The van der Waals surface area contributed by atoms with E-state index < -0.39 is 11.7 Å². The molecule has 0 spiro atoms. The van der Waals surface area contributed by atoms with Crippen molar-refractivity contribution in [3.63, 3.8) is 0 Å². The summed E-state index contributed by atoms with van der Waals surface area (Å²) in [6.07, 6.45) is 4.67. The van der Waals surface area contributed by atoms with Crippen molar-refractivity contribution >= 4 is 40.8 Å². The number of carbonyl (C=O) groups is 2. The summed E-state index contributed by atoms with van der Waals surface area (Å²) in [6.45, 7) is -0.151. The van der Waals surface area contributed by atoms with E-state index in [0.29, 0.717) is 17.0 Å². The number of aromatic nitrogens is 2. The Labute approximate surface area is 159 Å². The second kappa shape index (κ2) is 8.01. The summed E-state index contributed by atoms with van der Waals surface area (Å²) in [4.78, 5) is 29.7. The van der Waals surface area contributed by atoms with E-state index in [1.807, 2.05) is 12.1 Å². The van der Waals surface area contributed by atoms with E-state index in [4.69, 9.17) is 11.6 Å². The predicted octanol–water partition coefficient (Wildman–Crippen LogP) is 3.24. The number of fused-ring (bicyclic) bond motifs is 1. The van der Waals surface area contributed by atoms with Crippen LogP contribution in [0, 0.1) is 5.82 Å². The van der Waals surface area contributed by atoms with Crippen LogP contribution in [0.25, 0.3) is 11.7 Å². The molecule has 0 aliphatic rings. The number of hydrogen-bond donors (Lipinski definition) is 1. The molecule has 0 unspecified atom stereocenters. The maximum absolute atomic E-state index is 12.9. The van der Waals surface area contributed by atoms with Gasteiger partial charge in [-0.2, -0.15) is 0 Å². The zero-order valence-corrected chi connectivity index (χ0v) is 15.2. The predicted molar refractivity (Wildman–Crippen MR) is 102 cm³/mol. The molecule has 0 radical (unpaired) electrons. The van der Waals surface area contributed by atoms with E-state index in [0.717, 1.165) is 0 Å². The quantitative estimate of drug-likeness (QED) is 0.684. The minimum Gasteiger partial charge on any atom is -0.333 e. The summed E-state index contributed by atoms with van der Waals surface area (Å²) >= 11 is 6.12.